The molecule has 1 aliphatic carbocycles. The number of nitrogens with zero attached hydrogens (tertiary/aromatic N) is 4. The van der Waals surface area contributed by atoms with Gasteiger partial charge < -0.3 is 39.4 Å². The highest BCUT2D eigenvalue weighted by Gasteiger charge is 2.50. The number of hydrogen-bond acceptors (Lipinski definition) is 11. The normalized spacial score (nSPS) is 18.6. The number of benzene rings is 3. The van der Waals surface area contributed by atoms with Crippen molar-refractivity contribution in [3.8, 4) is 11.5 Å². The van der Waals surface area contributed by atoms with E-state index >= 15 is 0 Å². The molecule has 13 heteroatoms. The minimum atomic E-state index is -0.844. The van der Waals surface area contributed by atoms with Crippen molar-refractivity contribution < 1.29 is 33.4 Å². The molecule has 2 amide bonds. The molecule has 1 spiro atoms. The van der Waals surface area contributed by atoms with E-state index in [4.69, 9.17) is 19.2 Å². The van der Waals surface area contributed by atoms with E-state index in [0.29, 0.717) is 24.9 Å². The van der Waals surface area contributed by atoms with Crippen LogP contribution in [0.3, 0.4) is 0 Å². The number of nitrogens with one attached hydrogen (secondary N) is 2. The van der Waals surface area contributed by atoms with Crippen LogP contribution in [0.4, 0.5) is 11.6 Å². The summed E-state index contributed by atoms with van der Waals surface area (Å²) in [6.45, 7) is 7.28. The maximum absolute atomic E-state index is 13.5. The number of ether oxygens (including phenoxy) is 3. The smallest absolute Gasteiger partial charge is 0.255 e. The zero-order valence-corrected chi connectivity index (χ0v) is 32.9. The van der Waals surface area contributed by atoms with Crippen LogP contribution in [0, 0.1) is 0 Å². The first-order valence-corrected chi connectivity index (χ1v) is 19.5. The molecule has 2 N–H and O–H groups in total. The second-order valence-corrected chi connectivity index (χ2v) is 15.7. The highest BCUT2D eigenvalue weighted by Crippen LogP contribution is 2.38. The third-order valence-corrected chi connectivity index (χ3v) is 11.5. The van der Waals surface area contributed by atoms with Crippen LogP contribution >= 0.6 is 0 Å². The van der Waals surface area contributed by atoms with E-state index in [2.05, 4.69) is 58.6 Å². The predicted molar refractivity (Wildman–Crippen MR) is 215 cm³/mol. The molecule has 3 heterocycles. The monoisotopic (exact) mass is 774 g/mol. The molecule has 1 saturated carbocycles. The van der Waals surface area contributed by atoms with Gasteiger partial charge in [-0.1, -0.05) is 38.1 Å². The van der Waals surface area contributed by atoms with Gasteiger partial charge in [0.15, 0.2) is 6.29 Å². The van der Waals surface area contributed by atoms with Gasteiger partial charge in [-0.15, -0.1) is 0 Å². The predicted octanol–water partition coefficient (Wildman–Crippen LogP) is 5.36. The van der Waals surface area contributed by atoms with Gasteiger partial charge in [-0.25, -0.2) is 9.97 Å². The quantitative estimate of drug-likeness (QED) is 0.133. The molecule has 3 fully saturated rings. The first-order chi connectivity index (χ1) is 27.5. The molecule has 4 aromatic rings. The third kappa shape index (κ3) is 8.63. The van der Waals surface area contributed by atoms with Gasteiger partial charge in [-0.05, 0) is 66.1 Å². The Morgan fingerprint density at radius 1 is 1.02 bits per heavy atom. The number of likely N-dealkylation sites (N-methyl/N-ethyl adjacent to an activating group) is 2. The molecule has 1 atom stereocenters. The minimum absolute atomic E-state index is 0.0236. The van der Waals surface area contributed by atoms with Gasteiger partial charge in [0.05, 0.1) is 31.0 Å². The summed E-state index contributed by atoms with van der Waals surface area (Å²) in [6, 6.07) is 22.6. The summed E-state index contributed by atoms with van der Waals surface area (Å²) >= 11 is 0. The molecule has 3 aliphatic rings. The molecule has 1 unspecified atom stereocenters. The molecule has 2 saturated heterocycles. The van der Waals surface area contributed by atoms with Gasteiger partial charge in [-0.2, -0.15) is 0 Å². The zero-order chi connectivity index (χ0) is 40.2. The fraction of sp³-hybridized carbons (Fsp3) is 0.409. The number of aromatic nitrogens is 2. The molecule has 2 aliphatic heterocycles. The Balaban J connectivity index is 0.889. The molecular formula is C44H50N6O7. The zero-order valence-electron chi connectivity index (χ0n) is 32.9. The summed E-state index contributed by atoms with van der Waals surface area (Å²) in [5, 5.41) is 5.99. The van der Waals surface area contributed by atoms with E-state index in [0.717, 1.165) is 73.2 Å². The lowest BCUT2D eigenvalue weighted by Crippen LogP contribution is -2.68. The number of carbonyl (C=O) groups is 4. The standard InChI is InChI=1S/C44H50N6O7/c1-43(2,30-8-13-35(14-9-30)55-26-33-17-19-46-42(48-33)50-27-44(28-50)18-21-56-44)31-10-15-36(16-11-31)57-37-22-34(23-37)47-32-12-7-29(25-52)38(24-32)41(54)49(4)39(6-5-20-51)40(53)45-3/h7-17,19-20,24-25,34,37,39,47H,5-6,18,21-23,26-28H2,1-4H3,(H,45,53). The summed E-state index contributed by atoms with van der Waals surface area (Å²) < 4.78 is 18.1. The van der Waals surface area contributed by atoms with E-state index in [1.54, 1.807) is 24.4 Å². The topological polar surface area (TPSA) is 152 Å². The molecule has 0 bridgehead atoms. The molecule has 7 rings (SSSR count). The van der Waals surface area contributed by atoms with E-state index in [1.165, 1.54) is 19.0 Å². The fourth-order valence-electron chi connectivity index (χ4n) is 7.66. The van der Waals surface area contributed by atoms with E-state index in [1.807, 2.05) is 30.3 Å². The number of hydrogen-bond donors (Lipinski definition) is 2. The van der Waals surface area contributed by atoms with Gasteiger partial charge in [0.2, 0.25) is 11.9 Å². The van der Waals surface area contributed by atoms with Gasteiger partial charge in [0.25, 0.3) is 5.91 Å². The average molecular weight is 775 g/mol. The van der Waals surface area contributed by atoms with Crippen molar-refractivity contribution >= 4 is 36.0 Å². The Bertz CT molecular complexity index is 2070. The first-order valence-electron chi connectivity index (χ1n) is 19.5. The Morgan fingerprint density at radius 3 is 2.32 bits per heavy atom. The average Bonchev–Trinajstić information content (AvgIpc) is 3.18. The molecule has 1 aromatic heterocycles. The van der Waals surface area contributed by atoms with Crippen LogP contribution in [0.2, 0.25) is 0 Å². The maximum Gasteiger partial charge on any atom is 0.255 e. The molecule has 13 nitrogen and oxygen atoms in total. The summed E-state index contributed by atoms with van der Waals surface area (Å²) in [5.74, 6) is 1.44. The van der Waals surface area contributed by atoms with Crippen LogP contribution in [-0.2, 0) is 26.3 Å². The van der Waals surface area contributed by atoms with Crippen LogP contribution in [0.1, 0.15) is 83.5 Å². The van der Waals surface area contributed by atoms with Gasteiger partial charge in [0, 0.05) is 68.7 Å². The fourth-order valence-corrected chi connectivity index (χ4v) is 7.66. The number of amides is 2. The highest BCUT2D eigenvalue weighted by atomic mass is 16.5. The highest BCUT2D eigenvalue weighted by molar-refractivity contribution is 6.04. The lowest BCUT2D eigenvalue weighted by atomic mass is 9.78. The second kappa shape index (κ2) is 16.7. The van der Waals surface area contributed by atoms with Crippen LogP contribution in [0.5, 0.6) is 11.5 Å². The van der Waals surface area contributed by atoms with Crippen molar-refractivity contribution in [1.29, 1.82) is 0 Å². The van der Waals surface area contributed by atoms with Gasteiger partial charge in [-0.3, -0.25) is 14.4 Å². The summed E-state index contributed by atoms with van der Waals surface area (Å²) in [7, 11) is 2.98. The number of rotatable bonds is 17. The largest absolute Gasteiger partial charge is 0.490 e. The summed E-state index contributed by atoms with van der Waals surface area (Å²) in [6.07, 6.45) is 6.08. The van der Waals surface area contributed by atoms with Crippen molar-refractivity contribution in [2.45, 2.75) is 81.8 Å². The van der Waals surface area contributed by atoms with E-state index < -0.39 is 11.9 Å². The molecular weight excluding hydrogens is 725 g/mol. The van der Waals surface area contributed by atoms with E-state index in [-0.39, 0.29) is 53.0 Å². The Morgan fingerprint density at radius 2 is 1.70 bits per heavy atom. The summed E-state index contributed by atoms with van der Waals surface area (Å²) in [4.78, 5) is 61.3. The lowest BCUT2D eigenvalue weighted by molar-refractivity contribution is -0.161. The lowest BCUT2D eigenvalue weighted by Gasteiger charge is -2.55. The van der Waals surface area contributed by atoms with Crippen LogP contribution in [0.15, 0.2) is 79.0 Å². The molecule has 298 valence electrons. The second-order valence-electron chi connectivity index (χ2n) is 15.7. The molecule has 0 radical (unpaired) electrons. The van der Waals surface area contributed by atoms with Crippen molar-refractivity contribution in [1.82, 2.24) is 20.2 Å². The van der Waals surface area contributed by atoms with Crippen LogP contribution in [-0.4, -0.2) is 96.8 Å². The SMILES string of the molecule is CNC(=O)C(CCC=O)N(C)C(=O)c1cc(NC2CC(Oc3ccc(C(C)(C)c4ccc(OCc5ccnc(N6CC7(CCO7)C6)n5)cc4)cc3)C2)ccc1C=O. The van der Waals surface area contributed by atoms with Crippen LogP contribution < -0.4 is 25.0 Å². The van der Waals surface area contributed by atoms with E-state index in [9.17, 15) is 19.2 Å². The van der Waals surface area contributed by atoms with Crippen molar-refractivity contribution in [3.63, 3.8) is 0 Å². The third-order valence-electron chi connectivity index (χ3n) is 11.5. The van der Waals surface area contributed by atoms with Crippen molar-refractivity contribution in [2.75, 3.05) is 44.0 Å². The van der Waals surface area contributed by atoms with Crippen molar-refractivity contribution in [2.24, 2.45) is 0 Å². The van der Waals surface area contributed by atoms with Gasteiger partial charge >= 0.3 is 0 Å². The Kier molecular flexibility index (Phi) is 11.6. The molecule has 3 aromatic carbocycles. The maximum atomic E-state index is 13.5. The number of anilines is 2. The Labute approximate surface area is 333 Å². The summed E-state index contributed by atoms with van der Waals surface area (Å²) in [5.41, 5.74) is 4.01. The van der Waals surface area contributed by atoms with Gasteiger partial charge in [0.1, 0.15) is 42.1 Å². The number of aldehydes is 2. The van der Waals surface area contributed by atoms with Crippen LogP contribution in [0.25, 0.3) is 0 Å². The number of carbonyl (C=O) groups excluding carboxylic acids is 4. The first kappa shape index (κ1) is 39.4. The Hall–Kier alpha value is -5.82. The molecule has 57 heavy (non-hydrogen) atoms. The minimum Gasteiger partial charge on any atom is -0.490 e. The van der Waals surface area contributed by atoms with Crippen molar-refractivity contribution in [3.05, 3.63) is 107 Å².